The van der Waals surface area contributed by atoms with Crippen LogP contribution >= 0.6 is 0 Å². The van der Waals surface area contributed by atoms with Crippen LogP contribution < -0.4 is 4.18 Å². The van der Waals surface area contributed by atoms with Crippen molar-refractivity contribution in [3.05, 3.63) is 65.2 Å². The highest BCUT2D eigenvalue weighted by atomic mass is 32.2. The van der Waals surface area contributed by atoms with E-state index in [-0.39, 0.29) is 64.5 Å². The first-order valence-electron chi connectivity index (χ1n) is 32.2. The molecule has 546 valence electrons. The molecule has 2 unspecified atom stereocenters. The molecule has 0 amide bonds. The van der Waals surface area contributed by atoms with Crippen molar-refractivity contribution in [3.63, 3.8) is 0 Å². The summed E-state index contributed by atoms with van der Waals surface area (Å²) in [5.74, 6) is -6.99. The minimum Gasteiger partial charge on any atom is -0.743 e. The highest BCUT2D eigenvalue weighted by molar-refractivity contribution is 7.89. The van der Waals surface area contributed by atoms with Gasteiger partial charge in [0.05, 0.1) is 21.8 Å². The summed E-state index contributed by atoms with van der Waals surface area (Å²) in [6.07, 6.45) is 15.9. The molecule has 1 N–H and O–H groups in total. The van der Waals surface area contributed by atoms with Crippen molar-refractivity contribution in [2.45, 2.75) is 251 Å². The van der Waals surface area contributed by atoms with E-state index in [1.165, 1.54) is 62.8 Å². The van der Waals surface area contributed by atoms with E-state index in [2.05, 4.69) is 22.8 Å². The number of ether oxygens (including phenoxy) is 4. The van der Waals surface area contributed by atoms with Crippen LogP contribution in [0, 0.1) is 57.2 Å². The highest BCUT2D eigenvalue weighted by Gasteiger charge is 2.81. The molecule has 0 saturated heterocycles. The van der Waals surface area contributed by atoms with E-state index in [9.17, 15) is 98.6 Å². The van der Waals surface area contributed by atoms with Crippen LogP contribution in [0.15, 0.2) is 48.5 Å². The number of carbonyl (C=O) groups excluding carboxylic acids is 5. The monoisotopic (exact) mass is 1440 g/mol. The van der Waals surface area contributed by atoms with Crippen molar-refractivity contribution in [1.29, 1.82) is 0 Å². The van der Waals surface area contributed by atoms with Crippen LogP contribution in [-0.2, 0) is 92.9 Å². The Balaban J connectivity index is 0.000000235. The van der Waals surface area contributed by atoms with E-state index < -0.39 is 92.2 Å². The van der Waals surface area contributed by atoms with Crippen LogP contribution in [0.1, 0.15) is 209 Å². The van der Waals surface area contributed by atoms with Gasteiger partial charge in [0.1, 0.15) is 35.9 Å². The number of esters is 4. The van der Waals surface area contributed by atoms with E-state index >= 15 is 0 Å². The average molecular weight is 1440 g/mol. The van der Waals surface area contributed by atoms with Gasteiger partial charge in [-0.15, -0.1) is 0 Å². The van der Waals surface area contributed by atoms with Gasteiger partial charge in [-0.05, 0) is 202 Å². The Kier molecular flexibility index (Phi) is 24.9. The number of aliphatic hydroxyl groups is 1. The van der Waals surface area contributed by atoms with Gasteiger partial charge in [0.25, 0.3) is 0 Å². The fraction of sp³-hybridized carbons (Fsp3) is 0.742. The lowest BCUT2D eigenvalue weighted by Gasteiger charge is -2.60. The molecule has 8 fully saturated rings. The number of hydrogen-bond acceptors (Lipinski definition) is 19. The number of Topliss-reactive ketones (excluding diaryl/α,β-unsaturated/α-hetero) is 1. The first kappa shape index (κ1) is 81.6. The second-order valence-corrected chi connectivity index (χ2v) is 33.9. The third kappa shape index (κ3) is 17.9. The molecule has 2 aromatic carbocycles. The van der Waals surface area contributed by atoms with Crippen molar-refractivity contribution >= 4 is 60.0 Å². The third-order valence-electron chi connectivity index (χ3n) is 20.8. The molecule has 8 bridgehead atoms. The quantitative estimate of drug-likeness (QED) is 0.0317. The fourth-order valence-electron chi connectivity index (χ4n) is 13.5. The number of halogens is 8. The van der Waals surface area contributed by atoms with Crippen molar-refractivity contribution in [1.82, 2.24) is 0 Å². The van der Waals surface area contributed by atoms with E-state index in [4.69, 9.17) is 14.2 Å². The summed E-state index contributed by atoms with van der Waals surface area (Å²) in [6.45, 7) is 24.1. The van der Waals surface area contributed by atoms with Gasteiger partial charge in [0, 0.05) is 18.3 Å². The fourth-order valence-corrected chi connectivity index (χ4v) is 15.2. The predicted octanol–water partition coefficient (Wildman–Crippen LogP) is 13.3. The zero-order chi connectivity index (χ0) is 73.3. The maximum absolute atomic E-state index is 13.7. The van der Waals surface area contributed by atoms with Gasteiger partial charge in [-0.3, -0.25) is 19.2 Å². The van der Waals surface area contributed by atoms with E-state index in [0.717, 1.165) is 68.9 Å². The van der Waals surface area contributed by atoms with Crippen LogP contribution in [0.2, 0.25) is 0 Å². The molecule has 0 aromatic heterocycles. The zero-order valence-electron chi connectivity index (χ0n) is 56.6. The topological polar surface area (TPSA) is 300 Å². The van der Waals surface area contributed by atoms with Crippen molar-refractivity contribution in [3.8, 4) is 5.75 Å². The van der Waals surface area contributed by atoms with Crippen LogP contribution in [0.25, 0.3) is 0 Å². The predicted molar refractivity (Wildman–Crippen MR) is 331 cm³/mol. The van der Waals surface area contributed by atoms with Crippen LogP contribution in [0.3, 0.4) is 0 Å². The molecule has 2 aromatic rings. The summed E-state index contributed by atoms with van der Waals surface area (Å²) in [7, 11) is -20.4. The molecular weight excluding hydrogens is 1340 g/mol. The Morgan fingerprint density at radius 3 is 1.27 bits per heavy atom. The van der Waals surface area contributed by atoms with Gasteiger partial charge in [0.15, 0.2) is 20.2 Å². The third-order valence-corrected chi connectivity index (χ3v) is 23.7. The molecule has 0 aliphatic heterocycles. The largest absolute Gasteiger partial charge is 0.743 e. The minimum absolute atomic E-state index is 0.00876. The van der Waals surface area contributed by atoms with Crippen LogP contribution in [0.5, 0.6) is 5.75 Å². The average Bonchev–Trinajstić information content (AvgIpc) is 0.740. The summed E-state index contributed by atoms with van der Waals surface area (Å²) < 4.78 is 217. The maximum atomic E-state index is 13.7. The normalized spacial score (nSPS) is 25.8. The van der Waals surface area contributed by atoms with Gasteiger partial charge in [-0.2, -0.15) is 43.5 Å². The molecule has 19 nitrogen and oxygen atoms in total. The SMILES string of the molecule is CCC(C)(C)C(=O)Cc1ccc(OS(=O)(=O)C(F)(F)C(F)(F)C(F)(F)S(=O)(=O)[O-])cc1.CCC(C)(C)C(=O)OC1(CC)C2CC3CC(C2)CC1C3.CCC(C)(C)C(=O)OC12CC3CC(CC(O)(C3)C1)C2.CCC(C)(C)C(=O)OCc1ccc(COC(=O)C(F)(F)S(=O)(=O)[O-])cc1. The number of carbonyl (C=O) groups is 5. The number of hydrogen-bond donors (Lipinski definition) is 1. The van der Waals surface area contributed by atoms with E-state index in [0.29, 0.717) is 60.6 Å². The number of ketones is 1. The summed E-state index contributed by atoms with van der Waals surface area (Å²) in [6, 6.07) is 9.36. The van der Waals surface area contributed by atoms with Crippen LogP contribution in [-0.4, -0.2) is 108 Å². The van der Waals surface area contributed by atoms with Gasteiger partial charge in [-0.25, -0.2) is 21.6 Å². The van der Waals surface area contributed by atoms with E-state index in [1.807, 2.05) is 41.5 Å². The summed E-state index contributed by atoms with van der Waals surface area (Å²) in [4.78, 5) is 60.1. The summed E-state index contributed by atoms with van der Waals surface area (Å²) in [5, 5.41) is -8.26. The zero-order valence-corrected chi connectivity index (χ0v) is 59.0. The molecule has 96 heavy (non-hydrogen) atoms. The second-order valence-electron chi connectivity index (χ2n) is 29.5. The minimum atomic E-state index is -7.37. The molecule has 8 aliphatic carbocycles. The Morgan fingerprint density at radius 1 is 0.500 bits per heavy atom. The molecule has 10 rings (SSSR count). The molecular formula is C66H92F8O19S3-2. The molecule has 0 radical (unpaired) electrons. The smallest absolute Gasteiger partial charge is 0.450 e. The molecule has 30 heteroatoms. The summed E-state index contributed by atoms with van der Waals surface area (Å²) >= 11 is 0. The van der Waals surface area contributed by atoms with E-state index in [1.54, 1.807) is 34.6 Å². The standard InChI is InChI=1S/C18H30O2.C16H18F6O7S2.C16H20F2O7S.C16H26O3/c1-5-17(3,4)16(19)20-18(6-2)14-8-12-7-13(10-14)11-15(18)9-12;1-4-13(2,3)12(23)9-10-5-7-11(8-6-10)29-31(27,28)16(21,22)14(17,18)15(19,20)30(24,25)26;1-4-15(2,3)13(19)24-9-11-5-7-12(8-6-11)10-25-14(20)16(17,18)26(21,22)23;1-4-14(2,3)13(17)19-16-8-11-5-12(9-16)7-15(18,6-11)10-16/h12-15H,5-11H2,1-4H3;5-8H,4,9H2,1-3H3,(H,24,25,26);5-8H,4,9-10H2,1-3H3,(H,21,22,23);11-12,18H,4-10H2,1-3H3/p-2. The summed E-state index contributed by atoms with van der Waals surface area (Å²) in [5.41, 5.74) is -1.92. The Morgan fingerprint density at radius 2 is 0.885 bits per heavy atom. The molecule has 8 aliphatic rings. The van der Waals surface area contributed by atoms with Gasteiger partial charge >= 0.3 is 55.7 Å². The first-order chi connectivity index (χ1) is 43.6. The number of alkyl halides is 8. The molecule has 0 spiro atoms. The second kappa shape index (κ2) is 29.3. The van der Waals surface area contributed by atoms with Crippen molar-refractivity contribution in [2.75, 3.05) is 0 Å². The Bertz CT molecular complexity index is 3420. The Labute approximate surface area is 558 Å². The lowest BCUT2D eigenvalue weighted by Crippen LogP contribution is -2.61. The molecule has 8 saturated carbocycles. The van der Waals surface area contributed by atoms with Gasteiger partial charge in [-0.1, -0.05) is 84.9 Å². The van der Waals surface area contributed by atoms with Crippen molar-refractivity contribution in [2.24, 2.45) is 57.2 Å². The number of benzene rings is 2. The molecule has 2 atom stereocenters. The van der Waals surface area contributed by atoms with Gasteiger partial charge in [0.2, 0.25) is 0 Å². The number of rotatable bonds is 25. The molecule has 0 heterocycles. The first-order valence-corrected chi connectivity index (χ1v) is 36.4. The van der Waals surface area contributed by atoms with Crippen LogP contribution in [0.4, 0.5) is 35.1 Å². The maximum Gasteiger partial charge on any atom is 0.450 e. The lowest BCUT2D eigenvalue weighted by molar-refractivity contribution is -0.247. The van der Waals surface area contributed by atoms with Gasteiger partial charge < -0.3 is 37.3 Å². The lowest BCUT2D eigenvalue weighted by atomic mass is 9.49. The highest BCUT2D eigenvalue weighted by Crippen LogP contribution is 2.62. The van der Waals surface area contributed by atoms with Crippen molar-refractivity contribution < 1.29 is 122 Å². The Hall–Kier alpha value is -5.04.